The molecule has 0 aliphatic heterocycles. The maximum atomic E-state index is 5.70. The summed E-state index contributed by atoms with van der Waals surface area (Å²) >= 11 is 0. The molecule has 0 spiro atoms. The van der Waals surface area contributed by atoms with E-state index < -0.39 is 0 Å². The molecule has 0 unspecified atom stereocenters. The monoisotopic (exact) mass is 411 g/mol. The predicted molar refractivity (Wildman–Crippen MR) is 126 cm³/mol. The van der Waals surface area contributed by atoms with Gasteiger partial charge in [0.1, 0.15) is 5.69 Å². The SMILES string of the molecule is CCCCCCCc1ccc(-c2ccc(CCCCOCCCCCC)nn2)nc1. The van der Waals surface area contributed by atoms with Gasteiger partial charge in [0.05, 0.1) is 11.4 Å². The van der Waals surface area contributed by atoms with E-state index in [0.29, 0.717) is 0 Å². The zero-order valence-corrected chi connectivity index (χ0v) is 19.2. The Bertz CT molecular complexity index is 655. The van der Waals surface area contributed by atoms with Crippen LogP contribution in [0, 0.1) is 0 Å². The summed E-state index contributed by atoms with van der Waals surface area (Å²) in [6.07, 6.45) is 17.9. The Morgan fingerprint density at radius 2 is 1.30 bits per heavy atom. The molecule has 2 heterocycles. The molecule has 0 aliphatic rings. The molecular weight excluding hydrogens is 370 g/mol. The van der Waals surface area contributed by atoms with E-state index in [1.165, 1.54) is 63.4 Å². The third kappa shape index (κ3) is 10.3. The molecule has 0 aromatic carbocycles. The van der Waals surface area contributed by atoms with Crippen molar-refractivity contribution in [1.82, 2.24) is 15.2 Å². The molecule has 4 nitrogen and oxygen atoms in total. The van der Waals surface area contributed by atoms with Crippen molar-refractivity contribution < 1.29 is 4.74 Å². The standard InChI is InChI=1S/C26H41N3O/c1-3-5-7-9-10-14-23-16-18-25(27-22-23)26-19-17-24(28-29-26)15-11-13-21-30-20-12-8-6-4-2/h16-19,22H,3-15,20-21H2,1-2H3. The first-order chi connectivity index (χ1) is 14.8. The molecule has 0 aliphatic carbocycles. The molecule has 0 radical (unpaired) electrons. The highest BCUT2D eigenvalue weighted by atomic mass is 16.5. The zero-order valence-electron chi connectivity index (χ0n) is 19.2. The summed E-state index contributed by atoms with van der Waals surface area (Å²) in [4.78, 5) is 4.60. The van der Waals surface area contributed by atoms with Crippen molar-refractivity contribution in [2.75, 3.05) is 13.2 Å². The molecule has 0 amide bonds. The lowest BCUT2D eigenvalue weighted by molar-refractivity contribution is 0.126. The van der Waals surface area contributed by atoms with Crippen LogP contribution in [0.2, 0.25) is 0 Å². The van der Waals surface area contributed by atoms with Crippen molar-refractivity contribution in [3.8, 4) is 11.4 Å². The molecular formula is C26H41N3O. The second-order valence-corrected chi connectivity index (χ2v) is 8.26. The van der Waals surface area contributed by atoms with Gasteiger partial charge in [-0.2, -0.15) is 5.10 Å². The molecule has 2 rings (SSSR count). The Labute approximate surface area is 183 Å². The van der Waals surface area contributed by atoms with Gasteiger partial charge in [0.2, 0.25) is 0 Å². The molecule has 0 N–H and O–H groups in total. The number of aryl methyl sites for hydroxylation is 2. The fourth-order valence-electron chi connectivity index (χ4n) is 3.53. The predicted octanol–water partition coefficient (Wildman–Crippen LogP) is 6.97. The van der Waals surface area contributed by atoms with Gasteiger partial charge in [-0.1, -0.05) is 64.9 Å². The molecule has 0 fully saturated rings. The van der Waals surface area contributed by atoms with Crippen LogP contribution in [-0.2, 0) is 17.6 Å². The second kappa shape index (κ2) is 16.0. The molecule has 30 heavy (non-hydrogen) atoms. The lowest BCUT2D eigenvalue weighted by atomic mass is 10.1. The van der Waals surface area contributed by atoms with Crippen LogP contribution < -0.4 is 0 Å². The summed E-state index contributed by atoms with van der Waals surface area (Å²) in [6, 6.07) is 8.37. The maximum absolute atomic E-state index is 5.70. The molecule has 166 valence electrons. The normalized spacial score (nSPS) is 11.1. The van der Waals surface area contributed by atoms with Gasteiger partial charge < -0.3 is 4.74 Å². The van der Waals surface area contributed by atoms with E-state index >= 15 is 0 Å². The Hall–Kier alpha value is -1.81. The van der Waals surface area contributed by atoms with Crippen LogP contribution in [0.15, 0.2) is 30.5 Å². The lowest BCUT2D eigenvalue weighted by Crippen LogP contribution is -2.00. The number of unbranched alkanes of at least 4 members (excludes halogenated alkanes) is 8. The van der Waals surface area contributed by atoms with E-state index in [9.17, 15) is 0 Å². The Balaban J connectivity index is 1.64. The number of nitrogens with zero attached hydrogens (tertiary/aromatic N) is 3. The highest BCUT2D eigenvalue weighted by Crippen LogP contribution is 2.16. The number of hydrogen-bond acceptors (Lipinski definition) is 4. The molecule has 0 bridgehead atoms. The quantitative estimate of drug-likeness (QED) is 0.264. The van der Waals surface area contributed by atoms with E-state index in [2.05, 4.69) is 47.2 Å². The van der Waals surface area contributed by atoms with Gasteiger partial charge in [-0.25, -0.2) is 0 Å². The summed E-state index contributed by atoms with van der Waals surface area (Å²) in [5.41, 5.74) is 4.11. The van der Waals surface area contributed by atoms with Gasteiger partial charge in [-0.05, 0) is 62.3 Å². The van der Waals surface area contributed by atoms with Crippen molar-refractivity contribution in [3.63, 3.8) is 0 Å². The largest absolute Gasteiger partial charge is 0.381 e. The highest BCUT2D eigenvalue weighted by Gasteiger charge is 2.04. The lowest BCUT2D eigenvalue weighted by Gasteiger charge is -2.05. The topological polar surface area (TPSA) is 47.9 Å². The minimum atomic E-state index is 0.851. The van der Waals surface area contributed by atoms with E-state index in [1.54, 1.807) is 0 Å². The molecule has 0 saturated heterocycles. The van der Waals surface area contributed by atoms with Crippen molar-refractivity contribution in [2.45, 2.75) is 97.3 Å². The number of pyridine rings is 1. The third-order valence-corrected chi connectivity index (χ3v) is 5.49. The van der Waals surface area contributed by atoms with Crippen molar-refractivity contribution in [2.24, 2.45) is 0 Å². The minimum absolute atomic E-state index is 0.851. The van der Waals surface area contributed by atoms with E-state index in [-0.39, 0.29) is 0 Å². The van der Waals surface area contributed by atoms with Crippen LogP contribution in [0.3, 0.4) is 0 Å². The van der Waals surface area contributed by atoms with Gasteiger partial charge in [0.25, 0.3) is 0 Å². The van der Waals surface area contributed by atoms with E-state index in [0.717, 1.165) is 56.0 Å². The molecule has 4 heteroatoms. The van der Waals surface area contributed by atoms with Gasteiger partial charge in [0.15, 0.2) is 0 Å². The highest BCUT2D eigenvalue weighted by molar-refractivity contribution is 5.53. The summed E-state index contributed by atoms with van der Waals surface area (Å²) in [5.74, 6) is 0. The number of rotatable bonds is 17. The van der Waals surface area contributed by atoms with Gasteiger partial charge in [-0.3, -0.25) is 4.98 Å². The maximum Gasteiger partial charge on any atom is 0.111 e. The number of aromatic nitrogens is 3. The van der Waals surface area contributed by atoms with Crippen LogP contribution >= 0.6 is 0 Å². The van der Waals surface area contributed by atoms with Crippen LogP contribution in [-0.4, -0.2) is 28.4 Å². The van der Waals surface area contributed by atoms with Gasteiger partial charge in [0, 0.05) is 19.4 Å². The first kappa shape index (κ1) is 24.5. The smallest absolute Gasteiger partial charge is 0.111 e. The first-order valence-electron chi connectivity index (χ1n) is 12.2. The van der Waals surface area contributed by atoms with Crippen molar-refractivity contribution in [3.05, 3.63) is 41.7 Å². The average molecular weight is 412 g/mol. The first-order valence-corrected chi connectivity index (χ1v) is 12.2. The Morgan fingerprint density at radius 3 is 1.97 bits per heavy atom. The molecule has 2 aromatic heterocycles. The fraction of sp³-hybridized carbons (Fsp3) is 0.654. The number of ether oxygens (including phenoxy) is 1. The van der Waals surface area contributed by atoms with Crippen LogP contribution in [0.1, 0.15) is 95.7 Å². The molecule has 2 aromatic rings. The van der Waals surface area contributed by atoms with Gasteiger partial charge >= 0.3 is 0 Å². The average Bonchev–Trinajstić information content (AvgIpc) is 2.79. The molecule has 0 atom stereocenters. The van der Waals surface area contributed by atoms with E-state index in [4.69, 9.17) is 4.74 Å². The summed E-state index contributed by atoms with van der Waals surface area (Å²) < 4.78 is 5.70. The summed E-state index contributed by atoms with van der Waals surface area (Å²) in [6.45, 7) is 6.25. The Morgan fingerprint density at radius 1 is 0.633 bits per heavy atom. The molecule has 0 saturated carbocycles. The summed E-state index contributed by atoms with van der Waals surface area (Å²) in [5, 5.41) is 8.78. The van der Waals surface area contributed by atoms with E-state index in [1.807, 2.05) is 12.3 Å². The van der Waals surface area contributed by atoms with Crippen molar-refractivity contribution in [1.29, 1.82) is 0 Å². The Kier molecular flexibility index (Phi) is 13.0. The second-order valence-electron chi connectivity index (χ2n) is 8.26. The zero-order chi connectivity index (χ0) is 21.3. The fourth-order valence-corrected chi connectivity index (χ4v) is 3.53. The summed E-state index contributed by atoms with van der Waals surface area (Å²) in [7, 11) is 0. The van der Waals surface area contributed by atoms with Crippen LogP contribution in [0.25, 0.3) is 11.4 Å². The van der Waals surface area contributed by atoms with Gasteiger partial charge in [-0.15, -0.1) is 5.10 Å². The van der Waals surface area contributed by atoms with Crippen LogP contribution in [0.5, 0.6) is 0 Å². The minimum Gasteiger partial charge on any atom is -0.381 e. The third-order valence-electron chi connectivity index (χ3n) is 5.49. The van der Waals surface area contributed by atoms with Crippen molar-refractivity contribution >= 4 is 0 Å². The number of hydrogen-bond donors (Lipinski definition) is 0. The van der Waals surface area contributed by atoms with Crippen LogP contribution in [0.4, 0.5) is 0 Å².